The van der Waals surface area contributed by atoms with Gasteiger partial charge in [0.1, 0.15) is 0 Å². The highest BCUT2D eigenvalue weighted by molar-refractivity contribution is 9.09. The van der Waals surface area contributed by atoms with Gasteiger partial charge in [0.05, 0.1) is 13.2 Å². The Morgan fingerprint density at radius 2 is 1.40 bits per heavy atom. The number of rotatable bonds is 10. The van der Waals surface area contributed by atoms with Gasteiger partial charge in [-0.2, -0.15) is 0 Å². The monoisotopic (exact) mass is 349 g/mol. The first-order valence-corrected chi connectivity index (χ1v) is 9.61. The number of morpholine rings is 1. The third kappa shape index (κ3) is 18.4. The molecule has 0 amide bonds. The maximum atomic E-state index is 5.01. The van der Waals surface area contributed by atoms with Crippen molar-refractivity contribution in [1.82, 2.24) is 5.32 Å². The second kappa shape index (κ2) is 17.5. The third-order valence-electron chi connectivity index (χ3n) is 3.55. The van der Waals surface area contributed by atoms with Crippen molar-refractivity contribution in [3.05, 3.63) is 0 Å². The lowest BCUT2D eigenvalue weighted by Crippen LogP contribution is -2.30. The van der Waals surface area contributed by atoms with E-state index >= 15 is 0 Å². The summed E-state index contributed by atoms with van der Waals surface area (Å²) in [6.07, 6.45) is 14.3. The molecule has 1 aliphatic heterocycles. The fraction of sp³-hybridized carbons (Fsp3) is 1.00. The molecule has 0 spiro atoms. The largest absolute Gasteiger partial charge is 0.379 e. The van der Waals surface area contributed by atoms with Gasteiger partial charge in [-0.25, -0.2) is 0 Å². The summed E-state index contributed by atoms with van der Waals surface area (Å²) in [5.74, 6) is 0. The fourth-order valence-corrected chi connectivity index (χ4v) is 2.58. The molecule has 3 heteroatoms. The molecule has 0 aromatic heterocycles. The van der Waals surface area contributed by atoms with E-state index in [1.807, 2.05) is 0 Å². The maximum Gasteiger partial charge on any atom is 0.0591 e. The summed E-state index contributed by atoms with van der Waals surface area (Å²) in [6.45, 7) is 8.35. The Bertz CT molecular complexity index is 161. The van der Waals surface area contributed by atoms with Crippen molar-refractivity contribution < 1.29 is 4.74 Å². The first kappa shape index (κ1) is 20.4. The van der Waals surface area contributed by atoms with E-state index in [1.165, 1.54) is 64.2 Å². The minimum atomic E-state index is 0.715. The summed E-state index contributed by atoms with van der Waals surface area (Å²) in [5.41, 5.74) is 0. The quantitative estimate of drug-likeness (QED) is 0.427. The number of ether oxygens (including phenoxy) is 1. The van der Waals surface area contributed by atoms with Gasteiger partial charge in [0, 0.05) is 17.9 Å². The van der Waals surface area contributed by atoms with Crippen molar-refractivity contribution in [2.45, 2.75) is 82.9 Å². The minimum absolute atomic E-state index is 0.715. The van der Waals surface area contributed by atoms with E-state index in [1.54, 1.807) is 0 Å². The van der Waals surface area contributed by atoms with Gasteiger partial charge >= 0.3 is 0 Å². The molecule has 0 radical (unpaired) electrons. The van der Waals surface area contributed by atoms with Gasteiger partial charge in [0.2, 0.25) is 0 Å². The molecule has 0 bridgehead atoms. The van der Waals surface area contributed by atoms with Crippen molar-refractivity contribution in [1.29, 1.82) is 0 Å². The van der Waals surface area contributed by atoms with E-state index in [4.69, 9.17) is 4.74 Å². The molecule has 1 atom stereocenters. The lowest BCUT2D eigenvalue weighted by atomic mass is 10.1. The minimum Gasteiger partial charge on any atom is -0.379 e. The lowest BCUT2D eigenvalue weighted by Gasteiger charge is -2.10. The van der Waals surface area contributed by atoms with Crippen LogP contribution in [0.2, 0.25) is 0 Å². The number of hydrogen-bond donors (Lipinski definition) is 1. The van der Waals surface area contributed by atoms with Crippen LogP contribution in [0.4, 0.5) is 0 Å². The van der Waals surface area contributed by atoms with Crippen molar-refractivity contribution in [2.24, 2.45) is 0 Å². The first-order chi connectivity index (χ1) is 9.77. The van der Waals surface area contributed by atoms with Crippen LogP contribution in [0.5, 0.6) is 0 Å². The number of alkyl halides is 1. The van der Waals surface area contributed by atoms with E-state index in [9.17, 15) is 0 Å². The van der Waals surface area contributed by atoms with Gasteiger partial charge < -0.3 is 10.1 Å². The molecular formula is C17H36BrNO. The second-order valence-corrected chi connectivity index (χ2v) is 7.32. The van der Waals surface area contributed by atoms with Crippen LogP contribution in [0.25, 0.3) is 0 Å². The second-order valence-electron chi connectivity index (χ2n) is 5.76. The van der Waals surface area contributed by atoms with Gasteiger partial charge in [-0.05, 0) is 6.42 Å². The van der Waals surface area contributed by atoms with Gasteiger partial charge in [-0.1, -0.05) is 87.6 Å². The summed E-state index contributed by atoms with van der Waals surface area (Å²) < 4.78 is 5.01. The third-order valence-corrected chi connectivity index (χ3v) is 4.01. The molecule has 0 aromatic carbocycles. The van der Waals surface area contributed by atoms with Crippen molar-refractivity contribution in [3.63, 3.8) is 0 Å². The summed E-state index contributed by atoms with van der Waals surface area (Å²) in [5, 5.41) is 3.16. The van der Waals surface area contributed by atoms with E-state index < -0.39 is 0 Å². The lowest BCUT2D eigenvalue weighted by molar-refractivity contribution is 0.109. The summed E-state index contributed by atoms with van der Waals surface area (Å²) in [6, 6.07) is 0. The molecule has 20 heavy (non-hydrogen) atoms. The average Bonchev–Trinajstić information content (AvgIpc) is 2.48. The van der Waals surface area contributed by atoms with Crippen LogP contribution in [0.15, 0.2) is 0 Å². The van der Waals surface area contributed by atoms with Crippen molar-refractivity contribution >= 4 is 15.9 Å². The average molecular weight is 350 g/mol. The molecule has 0 aromatic rings. The first-order valence-electron chi connectivity index (χ1n) is 8.70. The zero-order chi connectivity index (χ0) is 14.9. The topological polar surface area (TPSA) is 21.3 Å². The van der Waals surface area contributed by atoms with Crippen LogP contribution in [-0.2, 0) is 4.74 Å². The molecule has 1 aliphatic rings. The normalized spacial score (nSPS) is 16.4. The van der Waals surface area contributed by atoms with Crippen LogP contribution < -0.4 is 5.32 Å². The van der Waals surface area contributed by atoms with E-state index in [0.29, 0.717) is 4.83 Å². The molecule has 2 nitrogen and oxygen atoms in total. The number of unbranched alkanes of at least 4 members (excludes halogenated alkanes) is 8. The predicted molar refractivity (Wildman–Crippen MR) is 93.9 cm³/mol. The highest BCUT2D eigenvalue weighted by atomic mass is 79.9. The highest BCUT2D eigenvalue weighted by Gasteiger charge is 1.95. The Hall–Kier alpha value is 0.400. The van der Waals surface area contributed by atoms with Crippen LogP contribution >= 0.6 is 15.9 Å². The van der Waals surface area contributed by atoms with E-state index in [2.05, 4.69) is 35.1 Å². The molecule has 122 valence electrons. The highest BCUT2D eigenvalue weighted by Crippen LogP contribution is 2.13. The Labute approximate surface area is 135 Å². The molecule has 1 saturated heterocycles. The Kier molecular flexibility index (Phi) is 17.8. The van der Waals surface area contributed by atoms with Crippen LogP contribution in [-0.4, -0.2) is 31.1 Å². The number of nitrogens with one attached hydrogen (secondary N) is 1. The SMILES string of the molecule is C1COCCN1.CCCCCCCCCCCC(C)Br. The van der Waals surface area contributed by atoms with Gasteiger partial charge in [-0.15, -0.1) is 0 Å². The zero-order valence-electron chi connectivity index (χ0n) is 13.8. The Morgan fingerprint density at radius 3 is 1.75 bits per heavy atom. The van der Waals surface area contributed by atoms with Gasteiger partial charge in [0.25, 0.3) is 0 Å². The van der Waals surface area contributed by atoms with Crippen LogP contribution in [0.1, 0.15) is 78.1 Å². The fourth-order valence-electron chi connectivity index (χ4n) is 2.25. The molecule has 1 fully saturated rings. The molecule has 1 heterocycles. The molecular weight excluding hydrogens is 314 g/mol. The van der Waals surface area contributed by atoms with E-state index in [-0.39, 0.29) is 0 Å². The molecule has 1 unspecified atom stereocenters. The zero-order valence-corrected chi connectivity index (χ0v) is 15.3. The van der Waals surface area contributed by atoms with Gasteiger partial charge in [0.15, 0.2) is 0 Å². The molecule has 1 rings (SSSR count). The number of halogens is 1. The standard InChI is InChI=1S/C13H27Br.C4H9NO/c1-3-4-5-6-7-8-9-10-11-12-13(2)14;1-3-6-4-2-5-1/h13H,3-12H2,1-2H3;5H,1-4H2. The van der Waals surface area contributed by atoms with Gasteiger partial charge in [-0.3, -0.25) is 0 Å². The number of hydrogen-bond acceptors (Lipinski definition) is 2. The summed E-state index contributed by atoms with van der Waals surface area (Å²) in [4.78, 5) is 0.715. The van der Waals surface area contributed by atoms with Crippen LogP contribution in [0.3, 0.4) is 0 Å². The summed E-state index contributed by atoms with van der Waals surface area (Å²) >= 11 is 3.59. The van der Waals surface area contributed by atoms with E-state index in [0.717, 1.165) is 26.3 Å². The summed E-state index contributed by atoms with van der Waals surface area (Å²) in [7, 11) is 0. The maximum absolute atomic E-state index is 5.01. The van der Waals surface area contributed by atoms with Crippen molar-refractivity contribution in [3.8, 4) is 0 Å². The predicted octanol–water partition coefficient (Wildman–Crippen LogP) is 5.30. The Morgan fingerprint density at radius 1 is 0.900 bits per heavy atom. The smallest absolute Gasteiger partial charge is 0.0591 e. The van der Waals surface area contributed by atoms with Crippen molar-refractivity contribution in [2.75, 3.05) is 26.3 Å². The Balaban J connectivity index is 0.000000493. The van der Waals surface area contributed by atoms with Crippen LogP contribution in [0, 0.1) is 0 Å². The molecule has 0 aliphatic carbocycles. The molecule has 0 saturated carbocycles. The molecule has 1 N–H and O–H groups in total.